The van der Waals surface area contributed by atoms with Gasteiger partial charge in [-0.05, 0) is 42.0 Å². The Labute approximate surface area is 123 Å². The second kappa shape index (κ2) is 8.43. The highest BCUT2D eigenvalue weighted by atomic mass is 16.5. The van der Waals surface area contributed by atoms with E-state index < -0.39 is 0 Å². The standard InChI is InChI=1S/C18H29NO/c1-2-3-4-5-6-7-15(10-11-19)16-8-9-17-13-20-14-18(17)12-16/h8-9,12,15H,2-7,10-11,13-14,19H2,1H3. The van der Waals surface area contributed by atoms with Gasteiger partial charge in [0.25, 0.3) is 0 Å². The van der Waals surface area contributed by atoms with Crippen LogP contribution in [-0.4, -0.2) is 6.54 Å². The van der Waals surface area contributed by atoms with Crippen molar-refractivity contribution in [2.24, 2.45) is 5.73 Å². The van der Waals surface area contributed by atoms with Crippen LogP contribution in [0.5, 0.6) is 0 Å². The molecule has 0 fully saturated rings. The van der Waals surface area contributed by atoms with Crippen LogP contribution in [0.2, 0.25) is 0 Å². The number of ether oxygens (including phenoxy) is 1. The minimum Gasteiger partial charge on any atom is -0.372 e. The summed E-state index contributed by atoms with van der Waals surface area (Å²) < 4.78 is 5.51. The fourth-order valence-corrected chi connectivity index (χ4v) is 3.12. The molecular formula is C18H29NO. The maximum absolute atomic E-state index is 5.81. The molecule has 20 heavy (non-hydrogen) atoms. The highest BCUT2D eigenvalue weighted by Gasteiger charge is 2.16. The molecule has 1 aromatic carbocycles. The molecule has 2 rings (SSSR count). The van der Waals surface area contributed by atoms with Crippen LogP contribution >= 0.6 is 0 Å². The van der Waals surface area contributed by atoms with Gasteiger partial charge in [-0.15, -0.1) is 0 Å². The molecule has 1 aromatic rings. The summed E-state index contributed by atoms with van der Waals surface area (Å²) in [5.41, 5.74) is 10.0. The van der Waals surface area contributed by atoms with Gasteiger partial charge in [-0.3, -0.25) is 0 Å². The van der Waals surface area contributed by atoms with Crippen LogP contribution in [0.4, 0.5) is 0 Å². The van der Waals surface area contributed by atoms with Crippen molar-refractivity contribution in [3.05, 3.63) is 34.9 Å². The lowest BCUT2D eigenvalue weighted by Crippen LogP contribution is -2.08. The van der Waals surface area contributed by atoms with E-state index in [1.165, 1.54) is 55.2 Å². The van der Waals surface area contributed by atoms with E-state index in [4.69, 9.17) is 10.5 Å². The van der Waals surface area contributed by atoms with E-state index >= 15 is 0 Å². The molecule has 1 atom stereocenters. The van der Waals surface area contributed by atoms with E-state index in [1.807, 2.05) is 0 Å². The first-order valence-corrected chi connectivity index (χ1v) is 8.24. The lowest BCUT2D eigenvalue weighted by atomic mass is 9.88. The Balaban J connectivity index is 1.90. The van der Waals surface area contributed by atoms with E-state index in [1.54, 1.807) is 0 Å². The number of hydrogen-bond acceptors (Lipinski definition) is 2. The molecule has 1 aliphatic rings. The summed E-state index contributed by atoms with van der Waals surface area (Å²) in [5.74, 6) is 0.632. The highest BCUT2D eigenvalue weighted by Crippen LogP contribution is 2.30. The van der Waals surface area contributed by atoms with Gasteiger partial charge in [0.15, 0.2) is 0 Å². The van der Waals surface area contributed by atoms with Crippen molar-refractivity contribution in [3.8, 4) is 0 Å². The van der Waals surface area contributed by atoms with Crippen LogP contribution in [0.15, 0.2) is 18.2 Å². The maximum atomic E-state index is 5.81. The highest BCUT2D eigenvalue weighted by molar-refractivity contribution is 5.34. The van der Waals surface area contributed by atoms with Crippen LogP contribution < -0.4 is 5.73 Å². The first-order chi connectivity index (χ1) is 9.85. The molecule has 0 aromatic heterocycles. The van der Waals surface area contributed by atoms with E-state index in [0.717, 1.165) is 26.2 Å². The number of nitrogens with two attached hydrogens (primary N) is 1. The van der Waals surface area contributed by atoms with E-state index in [0.29, 0.717) is 5.92 Å². The van der Waals surface area contributed by atoms with Crippen LogP contribution in [0, 0.1) is 0 Å². The number of rotatable bonds is 9. The maximum Gasteiger partial charge on any atom is 0.0725 e. The third kappa shape index (κ3) is 4.32. The smallest absolute Gasteiger partial charge is 0.0725 e. The molecule has 112 valence electrons. The van der Waals surface area contributed by atoms with Crippen molar-refractivity contribution in [3.63, 3.8) is 0 Å². The number of unbranched alkanes of at least 4 members (excludes halogenated alkanes) is 4. The second-order valence-electron chi connectivity index (χ2n) is 6.00. The zero-order valence-corrected chi connectivity index (χ0v) is 12.9. The molecular weight excluding hydrogens is 246 g/mol. The first-order valence-electron chi connectivity index (χ1n) is 8.24. The van der Waals surface area contributed by atoms with Crippen molar-refractivity contribution in [2.45, 2.75) is 71.0 Å². The fourth-order valence-electron chi connectivity index (χ4n) is 3.12. The Morgan fingerprint density at radius 2 is 1.85 bits per heavy atom. The van der Waals surface area contributed by atoms with Gasteiger partial charge < -0.3 is 10.5 Å². The molecule has 0 spiro atoms. The minimum absolute atomic E-state index is 0.632. The third-order valence-corrected chi connectivity index (χ3v) is 4.39. The van der Waals surface area contributed by atoms with Gasteiger partial charge in [-0.25, -0.2) is 0 Å². The molecule has 1 heterocycles. The van der Waals surface area contributed by atoms with Crippen LogP contribution in [-0.2, 0) is 18.0 Å². The third-order valence-electron chi connectivity index (χ3n) is 4.39. The molecule has 1 unspecified atom stereocenters. The number of benzene rings is 1. The van der Waals surface area contributed by atoms with Gasteiger partial charge in [0, 0.05) is 0 Å². The van der Waals surface area contributed by atoms with Crippen LogP contribution in [0.3, 0.4) is 0 Å². The molecule has 0 radical (unpaired) electrons. The largest absolute Gasteiger partial charge is 0.372 e. The first kappa shape index (κ1) is 15.5. The van der Waals surface area contributed by atoms with Crippen LogP contribution in [0.25, 0.3) is 0 Å². The van der Waals surface area contributed by atoms with Gasteiger partial charge in [-0.2, -0.15) is 0 Å². The fraction of sp³-hybridized carbons (Fsp3) is 0.667. The van der Waals surface area contributed by atoms with Crippen molar-refractivity contribution in [1.29, 1.82) is 0 Å². The van der Waals surface area contributed by atoms with E-state index in [9.17, 15) is 0 Å². The summed E-state index contributed by atoms with van der Waals surface area (Å²) in [6.45, 7) is 4.63. The topological polar surface area (TPSA) is 35.2 Å². The Kier molecular flexibility index (Phi) is 6.55. The molecule has 0 saturated heterocycles. The SMILES string of the molecule is CCCCCCCC(CCN)c1ccc2c(c1)COC2. The van der Waals surface area contributed by atoms with Gasteiger partial charge in [0.05, 0.1) is 13.2 Å². The van der Waals surface area contributed by atoms with Crippen molar-refractivity contribution < 1.29 is 4.74 Å². The minimum atomic E-state index is 0.632. The van der Waals surface area contributed by atoms with Gasteiger partial charge in [0.1, 0.15) is 0 Å². The summed E-state index contributed by atoms with van der Waals surface area (Å²) in [4.78, 5) is 0. The number of fused-ring (bicyclic) bond motifs is 1. The molecule has 2 N–H and O–H groups in total. The summed E-state index contributed by atoms with van der Waals surface area (Å²) in [6, 6.07) is 6.90. The van der Waals surface area contributed by atoms with Gasteiger partial charge in [-0.1, -0.05) is 57.2 Å². The molecule has 0 aliphatic carbocycles. The zero-order valence-electron chi connectivity index (χ0n) is 12.9. The summed E-state index contributed by atoms with van der Waals surface area (Å²) in [7, 11) is 0. The zero-order chi connectivity index (χ0) is 14.2. The van der Waals surface area contributed by atoms with E-state index in [2.05, 4.69) is 25.1 Å². The van der Waals surface area contributed by atoms with Crippen molar-refractivity contribution in [1.82, 2.24) is 0 Å². The van der Waals surface area contributed by atoms with Gasteiger partial charge in [0.2, 0.25) is 0 Å². The Morgan fingerprint density at radius 1 is 1.05 bits per heavy atom. The summed E-state index contributed by atoms with van der Waals surface area (Å²) in [5, 5.41) is 0. The van der Waals surface area contributed by atoms with Crippen molar-refractivity contribution in [2.75, 3.05) is 6.54 Å². The normalized spacial score (nSPS) is 15.3. The molecule has 1 aliphatic heterocycles. The summed E-state index contributed by atoms with van der Waals surface area (Å²) in [6.07, 6.45) is 9.15. The Hall–Kier alpha value is -0.860. The molecule has 0 bridgehead atoms. The Morgan fingerprint density at radius 3 is 2.65 bits per heavy atom. The lowest BCUT2D eigenvalue weighted by molar-refractivity contribution is 0.134. The Bertz CT molecular complexity index is 402. The average molecular weight is 275 g/mol. The van der Waals surface area contributed by atoms with Crippen LogP contribution in [0.1, 0.15) is 74.5 Å². The number of hydrogen-bond donors (Lipinski definition) is 1. The summed E-state index contributed by atoms with van der Waals surface area (Å²) >= 11 is 0. The van der Waals surface area contributed by atoms with Crippen molar-refractivity contribution >= 4 is 0 Å². The second-order valence-corrected chi connectivity index (χ2v) is 6.00. The molecule has 2 nitrogen and oxygen atoms in total. The monoisotopic (exact) mass is 275 g/mol. The quantitative estimate of drug-likeness (QED) is 0.673. The van der Waals surface area contributed by atoms with E-state index in [-0.39, 0.29) is 0 Å². The predicted octanol–water partition coefficient (Wildman–Crippen LogP) is 4.51. The molecule has 2 heteroatoms. The lowest BCUT2D eigenvalue weighted by Gasteiger charge is -2.17. The predicted molar refractivity (Wildman–Crippen MR) is 84.7 cm³/mol. The molecule has 0 saturated carbocycles. The average Bonchev–Trinajstić information content (AvgIpc) is 2.93. The van der Waals surface area contributed by atoms with Gasteiger partial charge >= 0.3 is 0 Å². The molecule has 0 amide bonds.